The van der Waals surface area contributed by atoms with Crippen molar-refractivity contribution >= 4 is 17.2 Å². The molecule has 1 heterocycles. The molecule has 0 bridgehead atoms. The van der Waals surface area contributed by atoms with E-state index in [2.05, 4.69) is 31.1 Å². The van der Waals surface area contributed by atoms with Gasteiger partial charge in [0.25, 0.3) is 5.91 Å². The Morgan fingerprint density at radius 2 is 2.28 bits per heavy atom. The standard InChI is InChI=1S/C13H21N3OS/c1-13(2,3)12-16-10(7-18-12)11(17)15-6-9(14)8-4-5-8/h7-9H,4-6,14H2,1-3H3,(H,15,17). The lowest BCUT2D eigenvalue weighted by Gasteiger charge is -2.13. The first-order valence-electron chi connectivity index (χ1n) is 6.37. The molecule has 1 saturated carbocycles. The molecule has 1 aliphatic carbocycles. The van der Waals surface area contributed by atoms with Gasteiger partial charge in [0.1, 0.15) is 5.69 Å². The van der Waals surface area contributed by atoms with Crippen LogP contribution in [0, 0.1) is 5.92 Å². The van der Waals surface area contributed by atoms with Gasteiger partial charge in [-0.25, -0.2) is 4.98 Å². The van der Waals surface area contributed by atoms with Crippen LogP contribution < -0.4 is 11.1 Å². The fraction of sp³-hybridized carbons (Fsp3) is 0.692. The van der Waals surface area contributed by atoms with Gasteiger partial charge in [0.05, 0.1) is 5.01 Å². The third-order valence-corrected chi connectivity index (χ3v) is 4.37. The van der Waals surface area contributed by atoms with Crippen LogP contribution >= 0.6 is 11.3 Å². The van der Waals surface area contributed by atoms with Crippen LogP contribution in [0.15, 0.2) is 5.38 Å². The van der Waals surface area contributed by atoms with Crippen LogP contribution in [0.2, 0.25) is 0 Å². The summed E-state index contributed by atoms with van der Waals surface area (Å²) in [6, 6.07) is 0.0923. The molecule has 1 aromatic heterocycles. The summed E-state index contributed by atoms with van der Waals surface area (Å²) in [5, 5.41) is 5.67. The van der Waals surface area contributed by atoms with E-state index in [1.165, 1.54) is 24.2 Å². The number of carbonyl (C=O) groups excluding carboxylic acids is 1. The van der Waals surface area contributed by atoms with Gasteiger partial charge in [-0.05, 0) is 18.8 Å². The highest BCUT2D eigenvalue weighted by Gasteiger charge is 2.28. The fourth-order valence-electron chi connectivity index (χ4n) is 1.71. The van der Waals surface area contributed by atoms with Crippen molar-refractivity contribution in [3.05, 3.63) is 16.1 Å². The number of thiazole rings is 1. The molecular weight excluding hydrogens is 246 g/mol. The van der Waals surface area contributed by atoms with Crippen LogP contribution in [0.5, 0.6) is 0 Å². The normalized spacial score (nSPS) is 17.6. The molecule has 100 valence electrons. The van der Waals surface area contributed by atoms with Gasteiger partial charge >= 0.3 is 0 Å². The van der Waals surface area contributed by atoms with E-state index in [0.717, 1.165) is 5.01 Å². The number of hydrogen-bond acceptors (Lipinski definition) is 4. The second-order valence-corrected chi connectivity index (χ2v) is 6.86. The van der Waals surface area contributed by atoms with E-state index in [9.17, 15) is 4.79 Å². The Balaban J connectivity index is 1.90. The molecule has 0 aliphatic heterocycles. The zero-order chi connectivity index (χ0) is 13.3. The van der Waals surface area contributed by atoms with Gasteiger partial charge in [-0.15, -0.1) is 11.3 Å². The largest absolute Gasteiger partial charge is 0.349 e. The van der Waals surface area contributed by atoms with Gasteiger partial charge in [-0.1, -0.05) is 20.8 Å². The molecule has 0 radical (unpaired) electrons. The first-order valence-corrected chi connectivity index (χ1v) is 7.25. The molecule has 0 spiro atoms. The number of aromatic nitrogens is 1. The summed E-state index contributed by atoms with van der Waals surface area (Å²) in [4.78, 5) is 16.3. The van der Waals surface area contributed by atoms with Crippen molar-refractivity contribution < 1.29 is 4.79 Å². The quantitative estimate of drug-likeness (QED) is 0.875. The Hall–Kier alpha value is -0.940. The number of carbonyl (C=O) groups is 1. The van der Waals surface area contributed by atoms with Crippen molar-refractivity contribution in [1.82, 2.24) is 10.3 Å². The van der Waals surface area contributed by atoms with E-state index in [4.69, 9.17) is 5.73 Å². The summed E-state index contributed by atoms with van der Waals surface area (Å²) in [5.74, 6) is 0.490. The Labute approximate surface area is 112 Å². The van der Waals surface area contributed by atoms with Crippen LogP contribution in [0.25, 0.3) is 0 Å². The topological polar surface area (TPSA) is 68.0 Å². The third-order valence-electron chi connectivity index (χ3n) is 3.10. The molecule has 1 aliphatic rings. The molecule has 1 atom stereocenters. The summed E-state index contributed by atoms with van der Waals surface area (Å²) >= 11 is 1.53. The number of nitrogens with zero attached hydrogens (tertiary/aromatic N) is 1. The smallest absolute Gasteiger partial charge is 0.270 e. The molecule has 0 aromatic carbocycles. The van der Waals surface area contributed by atoms with Crippen LogP contribution in [-0.2, 0) is 5.41 Å². The molecule has 2 rings (SSSR count). The van der Waals surface area contributed by atoms with Gasteiger partial charge < -0.3 is 11.1 Å². The van der Waals surface area contributed by atoms with E-state index >= 15 is 0 Å². The van der Waals surface area contributed by atoms with Crippen LogP contribution in [-0.4, -0.2) is 23.5 Å². The van der Waals surface area contributed by atoms with E-state index in [1.807, 2.05) is 5.38 Å². The lowest BCUT2D eigenvalue weighted by Crippen LogP contribution is -2.38. The Bertz CT molecular complexity index is 432. The summed E-state index contributed by atoms with van der Waals surface area (Å²) in [7, 11) is 0. The average molecular weight is 267 g/mol. The van der Waals surface area contributed by atoms with Crippen molar-refractivity contribution in [3.8, 4) is 0 Å². The highest BCUT2D eigenvalue weighted by atomic mass is 32.1. The number of amides is 1. The minimum atomic E-state index is -0.113. The summed E-state index contributed by atoms with van der Waals surface area (Å²) < 4.78 is 0. The van der Waals surface area contributed by atoms with Gasteiger partial charge in [0.15, 0.2) is 0 Å². The molecule has 5 heteroatoms. The number of rotatable bonds is 4. The highest BCUT2D eigenvalue weighted by molar-refractivity contribution is 7.10. The zero-order valence-corrected chi connectivity index (χ0v) is 12.0. The minimum Gasteiger partial charge on any atom is -0.349 e. The Kier molecular flexibility index (Phi) is 3.73. The monoisotopic (exact) mass is 267 g/mol. The first-order chi connectivity index (χ1) is 8.38. The first kappa shape index (κ1) is 13.5. The van der Waals surface area contributed by atoms with Crippen molar-refractivity contribution in [2.24, 2.45) is 11.7 Å². The van der Waals surface area contributed by atoms with Crippen molar-refractivity contribution in [3.63, 3.8) is 0 Å². The summed E-state index contributed by atoms with van der Waals surface area (Å²) in [6.45, 7) is 6.83. The van der Waals surface area contributed by atoms with Gasteiger partial charge in [-0.3, -0.25) is 4.79 Å². The maximum absolute atomic E-state index is 11.9. The molecule has 1 fully saturated rings. The molecule has 3 N–H and O–H groups in total. The Morgan fingerprint density at radius 1 is 1.61 bits per heavy atom. The highest BCUT2D eigenvalue weighted by Crippen LogP contribution is 2.31. The maximum Gasteiger partial charge on any atom is 0.270 e. The Morgan fingerprint density at radius 3 is 2.78 bits per heavy atom. The molecular formula is C13H21N3OS. The number of nitrogens with one attached hydrogen (secondary N) is 1. The summed E-state index contributed by atoms with van der Waals surface area (Å²) in [5.41, 5.74) is 6.45. The SMILES string of the molecule is CC(C)(C)c1nc(C(=O)NCC(N)C2CC2)cs1. The van der Waals surface area contributed by atoms with Crippen LogP contribution in [0.3, 0.4) is 0 Å². The van der Waals surface area contributed by atoms with E-state index in [-0.39, 0.29) is 17.4 Å². The minimum absolute atomic E-state index is 0.00634. The van der Waals surface area contributed by atoms with E-state index in [0.29, 0.717) is 18.2 Å². The summed E-state index contributed by atoms with van der Waals surface area (Å²) in [6.07, 6.45) is 2.39. The lowest BCUT2D eigenvalue weighted by atomic mass is 9.98. The second kappa shape index (κ2) is 4.97. The molecule has 18 heavy (non-hydrogen) atoms. The molecule has 4 nitrogen and oxygen atoms in total. The van der Waals surface area contributed by atoms with E-state index in [1.54, 1.807) is 0 Å². The van der Waals surface area contributed by atoms with Gasteiger partial charge in [-0.2, -0.15) is 0 Å². The molecule has 1 aromatic rings. The maximum atomic E-state index is 11.9. The third kappa shape index (κ3) is 3.29. The molecule has 1 amide bonds. The zero-order valence-electron chi connectivity index (χ0n) is 11.2. The van der Waals surface area contributed by atoms with Crippen molar-refractivity contribution in [1.29, 1.82) is 0 Å². The lowest BCUT2D eigenvalue weighted by molar-refractivity contribution is 0.0945. The van der Waals surface area contributed by atoms with Crippen LogP contribution in [0.4, 0.5) is 0 Å². The predicted octanol–water partition coefficient (Wildman–Crippen LogP) is 1.91. The second-order valence-electron chi connectivity index (χ2n) is 6.00. The number of nitrogens with two attached hydrogens (primary N) is 1. The molecule has 0 saturated heterocycles. The predicted molar refractivity (Wildman–Crippen MR) is 73.8 cm³/mol. The van der Waals surface area contributed by atoms with E-state index < -0.39 is 0 Å². The van der Waals surface area contributed by atoms with Crippen LogP contribution in [0.1, 0.15) is 49.1 Å². The van der Waals surface area contributed by atoms with Crippen molar-refractivity contribution in [2.75, 3.05) is 6.54 Å². The average Bonchev–Trinajstić information content (AvgIpc) is 3.00. The van der Waals surface area contributed by atoms with Gasteiger partial charge in [0, 0.05) is 23.4 Å². The number of hydrogen-bond donors (Lipinski definition) is 2. The van der Waals surface area contributed by atoms with Gasteiger partial charge in [0.2, 0.25) is 0 Å². The molecule has 1 unspecified atom stereocenters. The fourth-order valence-corrected chi connectivity index (χ4v) is 2.60. The van der Waals surface area contributed by atoms with Crippen molar-refractivity contribution in [2.45, 2.75) is 45.1 Å².